The van der Waals surface area contributed by atoms with Crippen LogP contribution in [0, 0.1) is 0 Å². The van der Waals surface area contributed by atoms with E-state index in [1.54, 1.807) is 30.3 Å². The molecule has 3 heterocycles. The normalized spacial score (nSPS) is 18.3. The molecule has 5 aromatic rings. The van der Waals surface area contributed by atoms with Gasteiger partial charge in [-0.3, -0.25) is 14.5 Å². The molecule has 0 aliphatic carbocycles. The molecular weight excluding hydrogens is 654 g/mol. The highest BCUT2D eigenvalue weighted by Gasteiger charge is 2.48. The first kappa shape index (κ1) is 31.0. The lowest BCUT2D eigenvalue weighted by molar-refractivity contribution is -0.132. The number of rotatable bonds is 9. The molecule has 1 amide bonds. The predicted molar refractivity (Wildman–Crippen MR) is 183 cm³/mol. The summed E-state index contributed by atoms with van der Waals surface area (Å²) in [6, 6.07) is 28.8. The molecular formula is C36H28ClN3O5S2. The number of nitrogens with zero attached hydrogens (tertiary/aromatic N) is 3. The molecule has 1 fully saturated rings. The van der Waals surface area contributed by atoms with Crippen molar-refractivity contribution < 1.29 is 24.2 Å². The smallest absolute Gasteiger partial charge is 0.301 e. The van der Waals surface area contributed by atoms with E-state index in [9.17, 15) is 14.7 Å². The van der Waals surface area contributed by atoms with Crippen LogP contribution in [0.1, 0.15) is 40.8 Å². The molecule has 236 valence electrons. The van der Waals surface area contributed by atoms with Crippen molar-refractivity contribution in [3.05, 3.63) is 135 Å². The minimum absolute atomic E-state index is 0.00832. The topological polar surface area (TPSA) is 102 Å². The predicted octanol–water partition coefficient (Wildman–Crippen LogP) is 8.01. The van der Waals surface area contributed by atoms with E-state index in [0.29, 0.717) is 45.0 Å². The van der Waals surface area contributed by atoms with E-state index in [1.165, 1.54) is 28.0 Å². The lowest BCUT2D eigenvalue weighted by Crippen LogP contribution is -2.29. The zero-order valence-corrected chi connectivity index (χ0v) is 27.5. The molecule has 47 heavy (non-hydrogen) atoms. The zero-order chi connectivity index (χ0) is 32.5. The third-order valence-electron chi connectivity index (χ3n) is 7.95. The van der Waals surface area contributed by atoms with Gasteiger partial charge in [-0.05, 0) is 65.6 Å². The first-order valence-corrected chi connectivity index (χ1v) is 17.1. The average Bonchev–Trinajstić information content (AvgIpc) is 3.78. The highest BCUT2D eigenvalue weighted by atomic mass is 35.5. The van der Waals surface area contributed by atoms with Crippen LogP contribution in [0.4, 0.5) is 5.13 Å². The quantitative estimate of drug-likeness (QED) is 0.0549. The van der Waals surface area contributed by atoms with Gasteiger partial charge in [-0.15, -0.1) is 10.2 Å². The Balaban J connectivity index is 1.26. The number of Topliss-reactive ketones (excluding diaryl/α,β-unsaturated/α-hetero) is 1. The maximum absolute atomic E-state index is 13.8. The van der Waals surface area contributed by atoms with Crippen molar-refractivity contribution in [2.75, 3.05) is 4.90 Å². The Morgan fingerprint density at radius 1 is 1.02 bits per heavy atom. The van der Waals surface area contributed by atoms with Crippen molar-refractivity contribution in [3.63, 3.8) is 0 Å². The van der Waals surface area contributed by atoms with Gasteiger partial charge >= 0.3 is 5.91 Å². The van der Waals surface area contributed by atoms with E-state index in [-0.39, 0.29) is 22.6 Å². The fraction of sp³-hybridized carbons (Fsp3) is 0.167. The number of ether oxygens (including phenoxy) is 2. The fourth-order valence-corrected chi connectivity index (χ4v) is 7.85. The Kier molecular flexibility index (Phi) is 8.72. The number of fused-ring (bicyclic) bond motifs is 1. The minimum Gasteiger partial charge on any atom is -0.507 e. The van der Waals surface area contributed by atoms with E-state index in [2.05, 4.69) is 10.2 Å². The Labute approximate surface area is 284 Å². The Bertz CT molecular complexity index is 2010. The van der Waals surface area contributed by atoms with Crippen molar-refractivity contribution in [2.24, 2.45) is 0 Å². The molecule has 7 rings (SSSR count). The molecule has 8 nitrogen and oxygen atoms in total. The SMILES string of the molecule is C[C@@H]1Cc2cc(/C(O)=C3\C(=O)C(=O)N(c4nnc(SCc5ccccc5Cl)s4)[C@H]3c3cccc(OCc4ccccc4)c3)ccc2O1. The van der Waals surface area contributed by atoms with Gasteiger partial charge in [0.25, 0.3) is 5.78 Å². The third-order valence-corrected chi connectivity index (χ3v) is 10.4. The molecule has 4 aromatic carbocycles. The summed E-state index contributed by atoms with van der Waals surface area (Å²) in [7, 11) is 0. The number of hydrogen-bond donors (Lipinski definition) is 1. The summed E-state index contributed by atoms with van der Waals surface area (Å²) in [6.45, 7) is 2.31. The average molecular weight is 682 g/mol. The zero-order valence-electron chi connectivity index (χ0n) is 25.1. The summed E-state index contributed by atoms with van der Waals surface area (Å²) in [6.07, 6.45) is 0.683. The number of anilines is 1. The molecule has 1 aromatic heterocycles. The van der Waals surface area contributed by atoms with Crippen LogP contribution in [-0.2, 0) is 28.4 Å². The fourth-order valence-electron chi connectivity index (χ4n) is 5.70. The lowest BCUT2D eigenvalue weighted by Gasteiger charge is -2.23. The van der Waals surface area contributed by atoms with E-state index in [0.717, 1.165) is 22.4 Å². The van der Waals surface area contributed by atoms with Crippen LogP contribution in [0.25, 0.3) is 5.76 Å². The number of benzene rings is 4. The van der Waals surface area contributed by atoms with Crippen molar-refractivity contribution in [2.45, 2.75) is 42.2 Å². The van der Waals surface area contributed by atoms with Crippen LogP contribution >= 0.6 is 34.7 Å². The Morgan fingerprint density at radius 3 is 2.66 bits per heavy atom. The van der Waals surface area contributed by atoms with Gasteiger partial charge in [0.15, 0.2) is 4.34 Å². The van der Waals surface area contributed by atoms with Gasteiger partial charge in [-0.2, -0.15) is 0 Å². The molecule has 0 unspecified atom stereocenters. The number of ketones is 1. The summed E-state index contributed by atoms with van der Waals surface area (Å²) in [4.78, 5) is 28.9. The highest BCUT2D eigenvalue weighted by Crippen LogP contribution is 2.45. The monoisotopic (exact) mass is 681 g/mol. The minimum atomic E-state index is -0.979. The molecule has 11 heteroatoms. The van der Waals surface area contributed by atoms with Gasteiger partial charge in [-0.25, -0.2) is 0 Å². The number of aliphatic hydroxyl groups is 1. The van der Waals surface area contributed by atoms with E-state index >= 15 is 0 Å². The molecule has 2 aliphatic rings. The summed E-state index contributed by atoms with van der Waals surface area (Å²) >= 11 is 8.97. The van der Waals surface area contributed by atoms with Gasteiger partial charge in [0.1, 0.15) is 30.0 Å². The van der Waals surface area contributed by atoms with Crippen LogP contribution in [-0.4, -0.2) is 33.1 Å². The van der Waals surface area contributed by atoms with Gasteiger partial charge in [-0.1, -0.05) is 95.4 Å². The second-order valence-electron chi connectivity index (χ2n) is 11.2. The standard InChI is InChI=1S/C36H28ClN3O5S2/c1-21-16-26-17-24(14-15-29(26)45-21)32(41)30-31(23-11-7-12-27(18-23)44-19-22-8-3-2-4-9-22)40(34(43)33(30)42)35-38-39-36(47-35)46-20-25-10-5-6-13-28(25)37/h2-15,17-18,21,31,41H,16,19-20H2,1H3/b32-30+/t21-,31+/m1/s1. The second-order valence-corrected chi connectivity index (χ2v) is 13.8. The summed E-state index contributed by atoms with van der Waals surface area (Å²) in [5, 5.41) is 21.3. The van der Waals surface area contributed by atoms with Crippen molar-refractivity contribution in [3.8, 4) is 11.5 Å². The Morgan fingerprint density at radius 2 is 1.83 bits per heavy atom. The van der Waals surface area contributed by atoms with Crippen LogP contribution in [0.3, 0.4) is 0 Å². The van der Waals surface area contributed by atoms with Crippen molar-refractivity contribution in [1.82, 2.24) is 10.2 Å². The summed E-state index contributed by atoms with van der Waals surface area (Å²) in [5.41, 5.74) is 3.83. The van der Waals surface area contributed by atoms with Crippen molar-refractivity contribution >= 4 is 57.3 Å². The molecule has 1 N–H and O–H groups in total. The molecule has 2 aliphatic heterocycles. The van der Waals surface area contributed by atoms with E-state index in [1.807, 2.05) is 73.7 Å². The number of aromatic nitrogens is 2. The summed E-state index contributed by atoms with van der Waals surface area (Å²) in [5.74, 6) is -0.0406. The van der Waals surface area contributed by atoms with Gasteiger partial charge in [0.2, 0.25) is 5.13 Å². The number of halogens is 1. The number of aliphatic hydroxyl groups excluding tert-OH is 1. The number of hydrogen-bond acceptors (Lipinski definition) is 9. The van der Waals surface area contributed by atoms with Gasteiger partial charge in [0, 0.05) is 22.8 Å². The van der Waals surface area contributed by atoms with Crippen LogP contribution in [0.5, 0.6) is 11.5 Å². The first-order valence-electron chi connectivity index (χ1n) is 14.9. The first-order chi connectivity index (χ1) is 22.9. The molecule has 2 atom stereocenters. The van der Waals surface area contributed by atoms with Gasteiger partial charge in [0.05, 0.1) is 11.6 Å². The third kappa shape index (κ3) is 6.36. The molecule has 0 bridgehead atoms. The molecule has 0 radical (unpaired) electrons. The maximum Gasteiger partial charge on any atom is 0.301 e. The van der Waals surface area contributed by atoms with Crippen LogP contribution in [0.15, 0.2) is 107 Å². The number of amides is 1. The van der Waals surface area contributed by atoms with Crippen LogP contribution in [0.2, 0.25) is 5.02 Å². The number of carbonyl (C=O) groups excluding carboxylic acids is 2. The van der Waals surface area contributed by atoms with E-state index in [4.69, 9.17) is 21.1 Å². The highest BCUT2D eigenvalue weighted by molar-refractivity contribution is 8.00. The largest absolute Gasteiger partial charge is 0.507 e. The van der Waals surface area contributed by atoms with Crippen LogP contribution < -0.4 is 14.4 Å². The Hall–Kier alpha value is -4.64. The van der Waals surface area contributed by atoms with Gasteiger partial charge < -0.3 is 14.6 Å². The van der Waals surface area contributed by atoms with E-state index < -0.39 is 17.7 Å². The van der Waals surface area contributed by atoms with Crippen molar-refractivity contribution in [1.29, 1.82) is 0 Å². The molecule has 1 saturated heterocycles. The second kappa shape index (κ2) is 13.2. The molecule has 0 saturated carbocycles. The summed E-state index contributed by atoms with van der Waals surface area (Å²) < 4.78 is 12.5. The number of thioether (sulfide) groups is 1. The lowest BCUT2D eigenvalue weighted by atomic mass is 9.94. The number of carbonyl (C=O) groups is 2. The maximum atomic E-state index is 13.8. The molecule has 0 spiro atoms.